The molecule has 1 aromatic heterocycles. The number of carbonyl (C=O) groups excluding carboxylic acids is 1. The molecule has 0 saturated carbocycles. The van der Waals surface area contributed by atoms with Crippen molar-refractivity contribution in [1.82, 2.24) is 9.88 Å². The van der Waals surface area contributed by atoms with Crippen LogP contribution in [-0.4, -0.2) is 43.7 Å². The fourth-order valence-electron chi connectivity index (χ4n) is 4.48. The fourth-order valence-corrected chi connectivity index (χ4v) is 4.48. The van der Waals surface area contributed by atoms with E-state index in [2.05, 4.69) is 9.88 Å². The number of aromatic nitrogens is 1. The zero-order chi connectivity index (χ0) is 24.5. The largest absolute Gasteiger partial charge is 0.493 e. The zero-order valence-electron chi connectivity index (χ0n) is 20.1. The van der Waals surface area contributed by atoms with Crippen LogP contribution in [-0.2, 0) is 13.1 Å². The molecule has 0 saturated heterocycles. The zero-order valence-corrected chi connectivity index (χ0v) is 20.1. The summed E-state index contributed by atoms with van der Waals surface area (Å²) in [6.07, 6.45) is 5.24. The van der Waals surface area contributed by atoms with E-state index in [0.29, 0.717) is 47.4 Å². The molecule has 0 aliphatic carbocycles. The molecule has 0 N–H and O–H groups in total. The molecule has 180 valence electrons. The van der Waals surface area contributed by atoms with Crippen molar-refractivity contribution in [3.63, 3.8) is 0 Å². The molecule has 35 heavy (non-hydrogen) atoms. The third-order valence-corrected chi connectivity index (χ3v) is 6.14. The van der Waals surface area contributed by atoms with Gasteiger partial charge in [-0.2, -0.15) is 0 Å². The summed E-state index contributed by atoms with van der Waals surface area (Å²) in [6, 6.07) is 9.40. The smallest absolute Gasteiger partial charge is 0.231 e. The maximum Gasteiger partial charge on any atom is 0.231 e. The number of hydrogen-bond acceptors (Lipinski definition) is 8. The van der Waals surface area contributed by atoms with Gasteiger partial charge in [-0.1, -0.05) is 0 Å². The van der Waals surface area contributed by atoms with Gasteiger partial charge in [0.05, 0.1) is 26.9 Å². The Morgan fingerprint density at radius 1 is 1.03 bits per heavy atom. The number of pyridine rings is 1. The average molecular weight is 475 g/mol. The first-order chi connectivity index (χ1) is 17.0. The van der Waals surface area contributed by atoms with Gasteiger partial charge in [0.1, 0.15) is 18.2 Å². The van der Waals surface area contributed by atoms with Crippen molar-refractivity contribution < 1.29 is 28.5 Å². The van der Waals surface area contributed by atoms with E-state index in [9.17, 15) is 4.79 Å². The average Bonchev–Trinajstić information content (AvgIpc) is 3.19. The fraction of sp³-hybridized carbons (Fsp3) is 0.259. The highest BCUT2D eigenvalue weighted by Crippen LogP contribution is 2.44. The van der Waals surface area contributed by atoms with Crippen LogP contribution in [0.3, 0.4) is 0 Å². The van der Waals surface area contributed by atoms with E-state index in [1.165, 1.54) is 0 Å². The van der Waals surface area contributed by atoms with E-state index in [1.54, 1.807) is 51.9 Å². The topological polar surface area (TPSA) is 79.4 Å². The first-order valence-corrected chi connectivity index (χ1v) is 11.2. The Morgan fingerprint density at radius 2 is 1.74 bits per heavy atom. The van der Waals surface area contributed by atoms with Crippen LogP contribution in [0.4, 0.5) is 0 Å². The minimum Gasteiger partial charge on any atom is -0.493 e. The molecule has 8 heteroatoms. The minimum atomic E-state index is -0.175. The molecule has 2 aromatic carbocycles. The number of ether oxygens (including phenoxy) is 5. The quantitative estimate of drug-likeness (QED) is 0.487. The van der Waals surface area contributed by atoms with Gasteiger partial charge in [-0.3, -0.25) is 14.7 Å². The second kappa shape index (κ2) is 9.31. The Kier molecular flexibility index (Phi) is 6.05. The number of carbonyl (C=O) groups is 1. The number of methoxy groups -OCH3 is 3. The summed E-state index contributed by atoms with van der Waals surface area (Å²) in [4.78, 5) is 19.6. The summed E-state index contributed by atoms with van der Waals surface area (Å²) in [5.41, 5.74) is 4.17. The highest BCUT2D eigenvalue weighted by Gasteiger charge is 2.33. The van der Waals surface area contributed by atoms with Crippen LogP contribution >= 0.6 is 0 Å². The molecule has 2 aliphatic heterocycles. The number of benzene rings is 2. The predicted octanol–water partition coefficient (Wildman–Crippen LogP) is 4.38. The van der Waals surface area contributed by atoms with Gasteiger partial charge in [0, 0.05) is 36.6 Å². The van der Waals surface area contributed by atoms with Crippen molar-refractivity contribution in [3.8, 4) is 28.7 Å². The van der Waals surface area contributed by atoms with Gasteiger partial charge in [-0.15, -0.1) is 0 Å². The van der Waals surface area contributed by atoms with E-state index in [4.69, 9.17) is 23.7 Å². The number of nitrogens with zero attached hydrogens (tertiary/aromatic N) is 2. The van der Waals surface area contributed by atoms with Gasteiger partial charge in [0.15, 0.2) is 17.3 Å². The van der Waals surface area contributed by atoms with E-state index < -0.39 is 0 Å². The Morgan fingerprint density at radius 3 is 2.40 bits per heavy atom. The van der Waals surface area contributed by atoms with Crippen molar-refractivity contribution in [1.29, 1.82) is 0 Å². The van der Waals surface area contributed by atoms with Crippen LogP contribution in [0.15, 0.2) is 48.5 Å². The summed E-state index contributed by atoms with van der Waals surface area (Å²) in [7, 11) is 4.64. The lowest BCUT2D eigenvalue weighted by atomic mass is 9.99. The number of fused-ring (bicyclic) bond motifs is 2. The second-order valence-corrected chi connectivity index (χ2v) is 8.38. The molecule has 0 unspecified atom stereocenters. The summed E-state index contributed by atoms with van der Waals surface area (Å²) in [5.74, 6) is 2.84. The summed E-state index contributed by atoms with van der Waals surface area (Å²) < 4.78 is 28.4. The van der Waals surface area contributed by atoms with E-state index in [1.807, 2.05) is 25.1 Å². The van der Waals surface area contributed by atoms with Crippen molar-refractivity contribution in [2.75, 3.05) is 28.1 Å². The first kappa shape index (κ1) is 22.7. The van der Waals surface area contributed by atoms with Gasteiger partial charge in [-0.05, 0) is 54.5 Å². The molecule has 0 amide bonds. The summed E-state index contributed by atoms with van der Waals surface area (Å²) in [5, 5.41) is 0. The molecular formula is C27H26N2O6. The highest BCUT2D eigenvalue weighted by atomic mass is 16.5. The molecular weight excluding hydrogens is 448 g/mol. The second-order valence-electron chi connectivity index (χ2n) is 8.38. The van der Waals surface area contributed by atoms with Crippen LogP contribution in [0.2, 0.25) is 0 Å². The van der Waals surface area contributed by atoms with Crippen LogP contribution in [0.1, 0.15) is 32.6 Å². The number of rotatable bonds is 6. The Bertz CT molecular complexity index is 1290. The lowest BCUT2D eigenvalue weighted by molar-refractivity contribution is 0.0876. The van der Waals surface area contributed by atoms with Gasteiger partial charge < -0.3 is 23.7 Å². The van der Waals surface area contributed by atoms with Crippen LogP contribution < -0.4 is 23.7 Å². The Labute approximate surface area is 203 Å². The number of ketones is 1. The summed E-state index contributed by atoms with van der Waals surface area (Å²) in [6.45, 7) is 3.78. The van der Waals surface area contributed by atoms with Crippen LogP contribution in [0, 0.1) is 6.92 Å². The van der Waals surface area contributed by atoms with Gasteiger partial charge in [-0.25, -0.2) is 0 Å². The molecule has 0 radical (unpaired) electrons. The van der Waals surface area contributed by atoms with E-state index >= 15 is 0 Å². The number of allylic oxidation sites excluding steroid dienone is 1. The molecule has 3 aromatic rings. The lowest BCUT2D eigenvalue weighted by Gasteiger charge is -2.30. The predicted molar refractivity (Wildman–Crippen MR) is 129 cm³/mol. The molecule has 8 nitrogen and oxygen atoms in total. The molecule has 0 bridgehead atoms. The SMILES string of the molecule is COc1cc(/C=C2\Oc3c(cc4c(c3C)OCN(Cc3ccncc3)C4)C2=O)cc(OC)c1OC. The van der Waals surface area contributed by atoms with Gasteiger partial charge >= 0.3 is 0 Å². The van der Waals surface area contributed by atoms with Crippen molar-refractivity contribution >= 4 is 11.9 Å². The normalized spacial score (nSPS) is 15.8. The third-order valence-electron chi connectivity index (χ3n) is 6.14. The molecule has 0 spiro atoms. The summed E-state index contributed by atoms with van der Waals surface area (Å²) >= 11 is 0. The monoisotopic (exact) mass is 474 g/mol. The van der Waals surface area contributed by atoms with Gasteiger partial charge in [0.2, 0.25) is 11.5 Å². The highest BCUT2D eigenvalue weighted by molar-refractivity contribution is 6.15. The van der Waals surface area contributed by atoms with E-state index in [0.717, 1.165) is 29.0 Å². The first-order valence-electron chi connectivity index (χ1n) is 11.2. The minimum absolute atomic E-state index is 0.175. The number of Topliss-reactive ketones (excluding diaryl/α,β-unsaturated/α-hetero) is 1. The Hall–Kier alpha value is -4.04. The molecule has 0 fully saturated rings. The molecule has 5 rings (SSSR count). The Balaban J connectivity index is 1.44. The maximum atomic E-state index is 13.3. The van der Waals surface area contributed by atoms with Crippen molar-refractivity contribution in [3.05, 3.63) is 76.3 Å². The van der Waals surface area contributed by atoms with Crippen LogP contribution in [0.5, 0.6) is 28.7 Å². The molecule has 0 atom stereocenters. The van der Waals surface area contributed by atoms with E-state index in [-0.39, 0.29) is 11.5 Å². The number of hydrogen-bond donors (Lipinski definition) is 0. The standard InChI is InChI=1S/C27H26N2O6/c1-16-25-19(14-29(15-34-25)13-17-5-7-28-8-6-17)12-20-24(30)21(35-26(16)20)9-18-10-22(31-2)27(33-4)23(11-18)32-3/h5-12H,13-15H2,1-4H3/b21-9-. The van der Waals surface area contributed by atoms with Crippen LogP contribution in [0.25, 0.3) is 6.08 Å². The lowest BCUT2D eigenvalue weighted by Crippen LogP contribution is -2.32. The molecule has 3 heterocycles. The van der Waals surface area contributed by atoms with Crippen molar-refractivity contribution in [2.24, 2.45) is 0 Å². The van der Waals surface area contributed by atoms with Gasteiger partial charge in [0.25, 0.3) is 0 Å². The van der Waals surface area contributed by atoms with Crippen molar-refractivity contribution in [2.45, 2.75) is 20.0 Å². The maximum absolute atomic E-state index is 13.3. The molecule has 2 aliphatic rings. The third kappa shape index (κ3) is 4.17.